The lowest BCUT2D eigenvalue weighted by molar-refractivity contribution is -0.133. The molecular formula is C29H26O10. The van der Waals surface area contributed by atoms with Crippen LogP contribution in [0.5, 0.6) is 23.0 Å². The van der Waals surface area contributed by atoms with Crippen molar-refractivity contribution in [1.82, 2.24) is 0 Å². The molecule has 0 unspecified atom stereocenters. The Morgan fingerprint density at radius 2 is 1.28 bits per heavy atom. The molecule has 0 heterocycles. The van der Waals surface area contributed by atoms with Gasteiger partial charge in [-0.1, -0.05) is 30.3 Å². The molecule has 0 aromatic heterocycles. The van der Waals surface area contributed by atoms with E-state index in [2.05, 4.69) is 0 Å². The largest absolute Gasteiger partial charge is 0.508 e. The average molecular weight is 535 g/mol. The Morgan fingerprint density at radius 1 is 0.718 bits per heavy atom. The summed E-state index contributed by atoms with van der Waals surface area (Å²) < 4.78 is 15.4. The Bertz CT molecular complexity index is 1370. The number of carboxylic acids is 2. The maximum atomic E-state index is 10.9. The van der Waals surface area contributed by atoms with Gasteiger partial charge in [-0.05, 0) is 54.1 Å². The third kappa shape index (κ3) is 11.5. The molecule has 0 aliphatic heterocycles. The molecule has 202 valence electrons. The molecule has 0 radical (unpaired) electrons. The van der Waals surface area contributed by atoms with Crippen LogP contribution in [0.3, 0.4) is 0 Å². The molecule has 3 rings (SSSR count). The summed E-state index contributed by atoms with van der Waals surface area (Å²) in [6.07, 6.45) is 4.53. The Labute approximate surface area is 224 Å². The SMILES string of the molecule is CC(=O)Oc1ccc(OC(C)=O)c(/C=C/C(=O)O)c1.O=C(O)/C=C/c1cc(O)ccc1OCc1ccccc1. The Morgan fingerprint density at radius 3 is 1.85 bits per heavy atom. The van der Waals surface area contributed by atoms with Gasteiger partial charge in [0.2, 0.25) is 0 Å². The molecule has 3 N–H and O–H groups in total. The van der Waals surface area contributed by atoms with E-state index in [0.29, 0.717) is 23.5 Å². The summed E-state index contributed by atoms with van der Waals surface area (Å²) in [6, 6.07) is 18.5. The zero-order chi connectivity index (χ0) is 28.8. The van der Waals surface area contributed by atoms with E-state index < -0.39 is 23.9 Å². The minimum Gasteiger partial charge on any atom is -0.508 e. The van der Waals surface area contributed by atoms with E-state index in [1.807, 2.05) is 30.3 Å². The van der Waals surface area contributed by atoms with E-state index in [9.17, 15) is 24.3 Å². The topological polar surface area (TPSA) is 157 Å². The van der Waals surface area contributed by atoms with E-state index in [4.69, 9.17) is 24.4 Å². The van der Waals surface area contributed by atoms with Crippen molar-refractivity contribution in [2.75, 3.05) is 0 Å². The van der Waals surface area contributed by atoms with Crippen LogP contribution in [0.25, 0.3) is 12.2 Å². The maximum absolute atomic E-state index is 10.9. The molecule has 39 heavy (non-hydrogen) atoms. The Kier molecular flexibility index (Phi) is 11.5. The highest BCUT2D eigenvalue weighted by Crippen LogP contribution is 2.27. The van der Waals surface area contributed by atoms with E-state index in [1.54, 1.807) is 6.07 Å². The number of carbonyl (C=O) groups is 4. The van der Waals surface area contributed by atoms with Crippen LogP contribution in [0.4, 0.5) is 0 Å². The van der Waals surface area contributed by atoms with Crippen molar-refractivity contribution in [3.63, 3.8) is 0 Å². The quantitative estimate of drug-likeness (QED) is 0.200. The van der Waals surface area contributed by atoms with Crippen LogP contribution in [0, 0.1) is 0 Å². The van der Waals surface area contributed by atoms with Crippen molar-refractivity contribution in [2.24, 2.45) is 0 Å². The van der Waals surface area contributed by atoms with E-state index in [1.165, 1.54) is 56.3 Å². The van der Waals surface area contributed by atoms with Crippen LogP contribution in [-0.2, 0) is 25.8 Å². The molecule has 10 nitrogen and oxygen atoms in total. The standard InChI is InChI=1S/C16H14O4.C13H12O6/c17-14-7-8-15(13(10-14)6-9-16(18)19)20-11-12-4-2-1-3-5-12;1-8(14)18-11-4-5-12(19-9(2)15)10(7-11)3-6-13(16)17/h1-10,17H,11H2,(H,18,19);3-7H,1-2H3,(H,16,17)/b9-6+;6-3+. The van der Waals surface area contributed by atoms with Crippen LogP contribution >= 0.6 is 0 Å². The predicted molar refractivity (Wildman–Crippen MR) is 141 cm³/mol. The normalized spacial score (nSPS) is 10.4. The van der Waals surface area contributed by atoms with Gasteiger partial charge in [0.1, 0.15) is 29.6 Å². The highest BCUT2D eigenvalue weighted by molar-refractivity contribution is 5.87. The first-order valence-electron chi connectivity index (χ1n) is 11.4. The highest BCUT2D eigenvalue weighted by Gasteiger charge is 2.08. The van der Waals surface area contributed by atoms with E-state index in [0.717, 1.165) is 17.7 Å². The molecule has 10 heteroatoms. The van der Waals surface area contributed by atoms with Gasteiger partial charge in [-0.2, -0.15) is 0 Å². The second kappa shape index (κ2) is 15.0. The van der Waals surface area contributed by atoms with Crippen molar-refractivity contribution >= 4 is 36.0 Å². The Balaban J connectivity index is 0.000000274. The fourth-order valence-corrected chi connectivity index (χ4v) is 2.99. The number of esters is 2. The molecule has 0 aliphatic carbocycles. The lowest BCUT2D eigenvalue weighted by atomic mass is 10.1. The molecule has 0 aliphatic rings. The summed E-state index contributed by atoms with van der Waals surface area (Å²) in [5.41, 5.74) is 1.84. The van der Waals surface area contributed by atoms with Crippen molar-refractivity contribution < 1.29 is 48.7 Å². The number of phenols is 1. The number of rotatable bonds is 9. The summed E-state index contributed by atoms with van der Waals surface area (Å²) in [6.45, 7) is 2.84. The zero-order valence-electron chi connectivity index (χ0n) is 21.1. The fourth-order valence-electron chi connectivity index (χ4n) is 2.99. The third-order valence-electron chi connectivity index (χ3n) is 4.54. The number of hydrogen-bond acceptors (Lipinski definition) is 8. The van der Waals surface area contributed by atoms with Crippen molar-refractivity contribution in [1.29, 1.82) is 0 Å². The number of ether oxygens (including phenoxy) is 3. The van der Waals surface area contributed by atoms with Crippen LogP contribution in [-0.4, -0.2) is 39.2 Å². The summed E-state index contributed by atoms with van der Waals surface area (Å²) >= 11 is 0. The maximum Gasteiger partial charge on any atom is 0.328 e. The van der Waals surface area contributed by atoms with Crippen LogP contribution < -0.4 is 14.2 Å². The predicted octanol–water partition coefficient (Wildman–Crippen LogP) is 4.70. The number of carboxylic acid groups (broad SMARTS) is 2. The van der Waals surface area contributed by atoms with Crippen LogP contribution in [0.15, 0.2) is 78.9 Å². The molecule has 0 spiro atoms. The number of benzene rings is 3. The van der Waals surface area contributed by atoms with E-state index in [-0.39, 0.29) is 17.2 Å². The molecule has 3 aromatic carbocycles. The molecule has 0 bridgehead atoms. The molecule has 0 saturated carbocycles. The van der Waals surface area contributed by atoms with Gasteiger partial charge in [0.05, 0.1) is 0 Å². The van der Waals surface area contributed by atoms with Gasteiger partial charge in [-0.25, -0.2) is 9.59 Å². The summed E-state index contributed by atoms with van der Waals surface area (Å²) in [7, 11) is 0. The fraction of sp³-hybridized carbons (Fsp3) is 0.103. The van der Waals surface area contributed by atoms with Gasteiger partial charge in [0, 0.05) is 37.1 Å². The minimum absolute atomic E-state index is 0.0575. The van der Waals surface area contributed by atoms with E-state index >= 15 is 0 Å². The second-order valence-electron chi connectivity index (χ2n) is 7.73. The highest BCUT2D eigenvalue weighted by atomic mass is 16.5. The van der Waals surface area contributed by atoms with Crippen molar-refractivity contribution in [3.8, 4) is 23.0 Å². The van der Waals surface area contributed by atoms with Gasteiger partial charge in [-0.3, -0.25) is 9.59 Å². The molecule has 3 aromatic rings. The van der Waals surface area contributed by atoms with Gasteiger partial charge in [-0.15, -0.1) is 0 Å². The Hall–Kier alpha value is -5.38. The average Bonchev–Trinajstić information content (AvgIpc) is 2.87. The van der Waals surface area contributed by atoms with Gasteiger partial charge in [0.25, 0.3) is 0 Å². The molecule has 0 atom stereocenters. The number of phenolic OH excluding ortho intramolecular Hbond substituents is 1. The van der Waals surface area contributed by atoms with Gasteiger partial charge < -0.3 is 29.5 Å². The number of aromatic hydroxyl groups is 1. The van der Waals surface area contributed by atoms with Crippen LogP contribution in [0.1, 0.15) is 30.5 Å². The monoisotopic (exact) mass is 534 g/mol. The van der Waals surface area contributed by atoms with Crippen molar-refractivity contribution in [3.05, 3.63) is 95.6 Å². The first kappa shape index (κ1) is 29.8. The number of carbonyl (C=O) groups excluding carboxylic acids is 2. The number of hydrogen-bond donors (Lipinski definition) is 3. The third-order valence-corrected chi connectivity index (χ3v) is 4.54. The van der Waals surface area contributed by atoms with Crippen LogP contribution in [0.2, 0.25) is 0 Å². The molecule has 0 saturated heterocycles. The second-order valence-corrected chi connectivity index (χ2v) is 7.73. The summed E-state index contributed by atoms with van der Waals surface area (Å²) in [5.74, 6) is -2.26. The number of aliphatic carboxylic acids is 2. The first-order valence-corrected chi connectivity index (χ1v) is 11.4. The van der Waals surface area contributed by atoms with Gasteiger partial charge >= 0.3 is 23.9 Å². The molecular weight excluding hydrogens is 508 g/mol. The molecule has 0 amide bonds. The first-order chi connectivity index (χ1) is 18.5. The summed E-state index contributed by atoms with van der Waals surface area (Å²) in [4.78, 5) is 42.8. The minimum atomic E-state index is -1.15. The van der Waals surface area contributed by atoms with Crippen molar-refractivity contribution in [2.45, 2.75) is 20.5 Å². The molecule has 0 fully saturated rings. The lowest BCUT2D eigenvalue weighted by Gasteiger charge is -2.09. The lowest BCUT2D eigenvalue weighted by Crippen LogP contribution is -2.05. The van der Waals surface area contributed by atoms with Gasteiger partial charge in [0.15, 0.2) is 0 Å². The zero-order valence-corrected chi connectivity index (χ0v) is 21.1. The smallest absolute Gasteiger partial charge is 0.328 e. The summed E-state index contributed by atoms with van der Waals surface area (Å²) in [5, 5.41) is 26.7.